The molecule has 0 aliphatic carbocycles. The van der Waals surface area contributed by atoms with Crippen molar-refractivity contribution >= 4 is 23.2 Å². The van der Waals surface area contributed by atoms with E-state index in [-0.39, 0.29) is 11.0 Å². The Labute approximate surface area is 95.7 Å². The molecule has 0 aliphatic heterocycles. The molecule has 0 bridgehead atoms. The van der Waals surface area contributed by atoms with E-state index >= 15 is 0 Å². The van der Waals surface area contributed by atoms with E-state index in [1.807, 2.05) is 0 Å². The quantitative estimate of drug-likeness (QED) is 0.764. The van der Waals surface area contributed by atoms with Crippen molar-refractivity contribution in [1.82, 2.24) is 10.2 Å². The van der Waals surface area contributed by atoms with Crippen LogP contribution in [0, 0.1) is 5.82 Å². The molecule has 5 heteroatoms. The van der Waals surface area contributed by atoms with Gasteiger partial charge in [0.2, 0.25) is 0 Å². The molecule has 76 valence electrons. The first-order chi connectivity index (χ1) is 7.16. The van der Waals surface area contributed by atoms with Gasteiger partial charge in [-0.15, -0.1) is 10.2 Å². The van der Waals surface area contributed by atoms with Crippen LogP contribution in [0.1, 0.15) is 0 Å². The molecule has 1 aromatic carbocycles. The molecule has 0 radical (unpaired) electrons. The topological polar surface area (TPSA) is 25.8 Å². The summed E-state index contributed by atoms with van der Waals surface area (Å²) in [6.07, 6.45) is 0. The van der Waals surface area contributed by atoms with Crippen molar-refractivity contribution in [3.05, 3.63) is 46.3 Å². The van der Waals surface area contributed by atoms with Crippen LogP contribution in [0.3, 0.4) is 0 Å². The lowest BCUT2D eigenvalue weighted by Crippen LogP contribution is -1.89. The third-order valence-corrected chi connectivity index (χ3v) is 2.31. The van der Waals surface area contributed by atoms with E-state index in [0.29, 0.717) is 16.3 Å². The van der Waals surface area contributed by atoms with E-state index in [4.69, 9.17) is 23.2 Å². The molecule has 0 amide bonds. The minimum Gasteiger partial charge on any atom is -0.207 e. The van der Waals surface area contributed by atoms with Gasteiger partial charge >= 0.3 is 0 Å². The van der Waals surface area contributed by atoms with Gasteiger partial charge < -0.3 is 0 Å². The van der Waals surface area contributed by atoms with Crippen LogP contribution in [-0.4, -0.2) is 10.2 Å². The van der Waals surface area contributed by atoms with Gasteiger partial charge in [0.1, 0.15) is 11.5 Å². The highest BCUT2D eigenvalue weighted by molar-refractivity contribution is 6.35. The maximum Gasteiger partial charge on any atom is 0.153 e. The molecule has 0 N–H and O–H groups in total. The Morgan fingerprint density at radius 3 is 2.27 bits per heavy atom. The number of hydrogen-bond acceptors (Lipinski definition) is 2. The van der Waals surface area contributed by atoms with E-state index in [1.54, 1.807) is 12.1 Å². The summed E-state index contributed by atoms with van der Waals surface area (Å²) in [7, 11) is 0. The highest BCUT2D eigenvalue weighted by atomic mass is 35.5. The van der Waals surface area contributed by atoms with Gasteiger partial charge in [-0.1, -0.05) is 23.2 Å². The maximum atomic E-state index is 12.7. The fourth-order valence-corrected chi connectivity index (χ4v) is 1.60. The molecule has 0 saturated carbocycles. The van der Waals surface area contributed by atoms with Crippen LogP contribution in [0.25, 0.3) is 11.3 Å². The largest absolute Gasteiger partial charge is 0.207 e. The molecule has 0 spiro atoms. The van der Waals surface area contributed by atoms with Gasteiger partial charge in [0.25, 0.3) is 0 Å². The normalized spacial score (nSPS) is 10.3. The SMILES string of the molecule is Fc1ccc(-c2nnc(Cl)cc2Cl)cc1. The Balaban J connectivity index is 2.49. The number of hydrogen-bond donors (Lipinski definition) is 0. The van der Waals surface area contributed by atoms with Crippen molar-refractivity contribution in [3.63, 3.8) is 0 Å². The molecular weight excluding hydrogens is 238 g/mol. The Kier molecular flexibility index (Phi) is 2.84. The molecule has 0 aliphatic rings. The zero-order valence-corrected chi connectivity index (χ0v) is 8.93. The second kappa shape index (κ2) is 4.13. The second-order valence-corrected chi connectivity index (χ2v) is 3.66. The van der Waals surface area contributed by atoms with Crippen molar-refractivity contribution in [2.75, 3.05) is 0 Å². The molecule has 0 fully saturated rings. The van der Waals surface area contributed by atoms with Crippen LogP contribution in [-0.2, 0) is 0 Å². The van der Waals surface area contributed by atoms with Crippen LogP contribution >= 0.6 is 23.2 Å². The van der Waals surface area contributed by atoms with Crippen molar-refractivity contribution < 1.29 is 4.39 Å². The second-order valence-electron chi connectivity index (χ2n) is 2.87. The fourth-order valence-electron chi connectivity index (χ4n) is 1.15. The summed E-state index contributed by atoms with van der Waals surface area (Å²) in [6.45, 7) is 0. The average Bonchev–Trinajstić information content (AvgIpc) is 2.20. The Bertz CT molecular complexity index is 485. The first-order valence-corrected chi connectivity index (χ1v) is 4.87. The number of rotatable bonds is 1. The summed E-state index contributed by atoms with van der Waals surface area (Å²) in [5, 5.41) is 8.14. The highest BCUT2D eigenvalue weighted by Gasteiger charge is 2.06. The van der Waals surface area contributed by atoms with E-state index in [0.717, 1.165) is 0 Å². The van der Waals surface area contributed by atoms with Crippen LogP contribution in [0.5, 0.6) is 0 Å². The summed E-state index contributed by atoms with van der Waals surface area (Å²) in [6, 6.07) is 7.33. The Morgan fingerprint density at radius 2 is 1.67 bits per heavy atom. The fraction of sp³-hybridized carbons (Fsp3) is 0. The summed E-state index contributed by atoms with van der Waals surface area (Å²) in [5.74, 6) is -0.309. The molecule has 0 atom stereocenters. The summed E-state index contributed by atoms with van der Waals surface area (Å²) in [4.78, 5) is 0. The molecule has 2 aromatic rings. The lowest BCUT2D eigenvalue weighted by Gasteiger charge is -2.02. The number of halogens is 3. The zero-order valence-electron chi connectivity index (χ0n) is 7.42. The molecule has 15 heavy (non-hydrogen) atoms. The number of aromatic nitrogens is 2. The monoisotopic (exact) mass is 242 g/mol. The van der Waals surface area contributed by atoms with E-state index in [9.17, 15) is 4.39 Å². The Hall–Kier alpha value is -1.19. The van der Waals surface area contributed by atoms with E-state index in [2.05, 4.69) is 10.2 Å². The third kappa shape index (κ3) is 2.25. The van der Waals surface area contributed by atoms with Crippen molar-refractivity contribution in [3.8, 4) is 11.3 Å². The molecule has 2 rings (SSSR count). The first kappa shape index (κ1) is 10.3. The van der Waals surface area contributed by atoms with Gasteiger partial charge in [0.15, 0.2) is 5.15 Å². The minimum atomic E-state index is -0.309. The van der Waals surface area contributed by atoms with Gasteiger partial charge in [0.05, 0.1) is 5.02 Å². The van der Waals surface area contributed by atoms with Crippen molar-refractivity contribution in [2.45, 2.75) is 0 Å². The first-order valence-electron chi connectivity index (χ1n) is 4.11. The minimum absolute atomic E-state index is 0.228. The van der Waals surface area contributed by atoms with E-state index in [1.165, 1.54) is 18.2 Å². The summed E-state index contributed by atoms with van der Waals surface area (Å²) in [5.41, 5.74) is 1.19. The van der Waals surface area contributed by atoms with Crippen molar-refractivity contribution in [1.29, 1.82) is 0 Å². The van der Waals surface area contributed by atoms with Crippen LogP contribution < -0.4 is 0 Å². The van der Waals surface area contributed by atoms with Gasteiger partial charge in [-0.25, -0.2) is 4.39 Å². The summed E-state index contributed by atoms with van der Waals surface area (Å²) < 4.78 is 12.7. The molecular formula is C10H5Cl2FN2. The predicted octanol–water partition coefficient (Wildman–Crippen LogP) is 3.59. The molecule has 2 nitrogen and oxygen atoms in total. The van der Waals surface area contributed by atoms with Gasteiger partial charge in [-0.3, -0.25) is 0 Å². The van der Waals surface area contributed by atoms with Crippen molar-refractivity contribution in [2.24, 2.45) is 0 Å². The van der Waals surface area contributed by atoms with Crippen LogP contribution in [0.2, 0.25) is 10.2 Å². The predicted molar refractivity (Wildman–Crippen MR) is 57.4 cm³/mol. The standard InChI is InChI=1S/C10H5Cl2FN2/c11-8-5-9(12)14-15-10(8)6-1-3-7(13)4-2-6/h1-5H. The maximum absolute atomic E-state index is 12.7. The Morgan fingerprint density at radius 1 is 1.00 bits per heavy atom. The van der Waals surface area contributed by atoms with Crippen LogP contribution in [0.15, 0.2) is 30.3 Å². The zero-order chi connectivity index (χ0) is 10.8. The van der Waals surface area contributed by atoms with Gasteiger partial charge in [0, 0.05) is 5.56 Å². The number of benzene rings is 1. The summed E-state index contributed by atoms with van der Waals surface area (Å²) >= 11 is 11.5. The van der Waals surface area contributed by atoms with E-state index < -0.39 is 0 Å². The molecule has 1 aromatic heterocycles. The lowest BCUT2D eigenvalue weighted by molar-refractivity contribution is 0.628. The lowest BCUT2D eigenvalue weighted by atomic mass is 10.1. The molecule has 0 unspecified atom stereocenters. The smallest absolute Gasteiger partial charge is 0.153 e. The molecule has 0 saturated heterocycles. The van der Waals surface area contributed by atoms with Gasteiger partial charge in [-0.05, 0) is 30.3 Å². The number of nitrogens with zero attached hydrogens (tertiary/aromatic N) is 2. The average molecular weight is 243 g/mol. The highest BCUT2D eigenvalue weighted by Crippen LogP contribution is 2.26. The van der Waals surface area contributed by atoms with Gasteiger partial charge in [-0.2, -0.15) is 0 Å². The van der Waals surface area contributed by atoms with Crippen LogP contribution in [0.4, 0.5) is 4.39 Å². The molecule has 1 heterocycles. The third-order valence-electron chi connectivity index (χ3n) is 1.84.